The molecule has 21 heavy (non-hydrogen) atoms. The number of benzene rings is 1. The lowest BCUT2D eigenvalue weighted by Gasteiger charge is -2.24. The summed E-state index contributed by atoms with van der Waals surface area (Å²) in [6, 6.07) is 9.20. The fraction of sp³-hybridized carbons (Fsp3) is 0.500. The Morgan fingerprint density at radius 3 is 2.86 bits per heavy atom. The van der Waals surface area contributed by atoms with E-state index in [9.17, 15) is 10.1 Å². The number of nitriles is 1. The Bertz CT molecular complexity index is 545. The molecule has 0 saturated heterocycles. The summed E-state index contributed by atoms with van der Waals surface area (Å²) < 4.78 is 5.59. The topological polar surface area (TPSA) is 82.3 Å². The molecule has 1 aromatic carbocycles. The molecule has 5 nitrogen and oxygen atoms in total. The summed E-state index contributed by atoms with van der Waals surface area (Å²) in [7, 11) is 0. The number of aliphatic hydroxyl groups excluding tert-OH is 1. The molecule has 0 spiro atoms. The van der Waals surface area contributed by atoms with Gasteiger partial charge in [0, 0.05) is 0 Å². The Kier molecular flexibility index (Phi) is 4.81. The zero-order valence-electron chi connectivity index (χ0n) is 12.1. The maximum Gasteiger partial charge on any atom is 0.262 e. The molecule has 1 saturated carbocycles. The van der Waals surface area contributed by atoms with E-state index in [1.807, 2.05) is 0 Å². The number of carbonyl (C=O) groups is 1. The highest BCUT2D eigenvalue weighted by molar-refractivity contribution is 5.82. The predicted molar refractivity (Wildman–Crippen MR) is 77.4 cm³/mol. The van der Waals surface area contributed by atoms with Crippen LogP contribution in [0, 0.1) is 11.3 Å². The second kappa shape index (κ2) is 6.59. The summed E-state index contributed by atoms with van der Waals surface area (Å²) >= 11 is 0. The lowest BCUT2D eigenvalue weighted by atomic mass is 9.99. The van der Waals surface area contributed by atoms with Crippen molar-refractivity contribution in [1.82, 2.24) is 5.32 Å². The summed E-state index contributed by atoms with van der Waals surface area (Å²) in [6.45, 7) is 1.58. The van der Waals surface area contributed by atoms with Gasteiger partial charge in [0.2, 0.25) is 0 Å². The SMILES string of the molecule is CC(Oc1cccc(CO)c1)C(=O)NC1(C#N)CCCC1. The third-order valence-electron chi connectivity index (χ3n) is 3.80. The van der Waals surface area contributed by atoms with Gasteiger partial charge in [-0.3, -0.25) is 4.79 Å². The Balaban J connectivity index is 1.97. The summed E-state index contributed by atoms with van der Waals surface area (Å²) in [5, 5.41) is 21.2. The number of aliphatic hydroxyl groups is 1. The molecule has 1 aliphatic carbocycles. The first kappa shape index (κ1) is 15.3. The lowest BCUT2D eigenvalue weighted by molar-refractivity contribution is -0.128. The first-order valence-electron chi connectivity index (χ1n) is 7.18. The zero-order chi connectivity index (χ0) is 15.3. The van der Waals surface area contributed by atoms with Crippen molar-refractivity contribution in [1.29, 1.82) is 5.26 Å². The van der Waals surface area contributed by atoms with E-state index in [2.05, 4.69) is 11.4 Å². The molecular weight excluding hydrogens is 268 g/mol. The standard InChI is InChI=1S/C16H20N2O3/c1-12(21-14-6-4-5-13(9-14)10-19)15(20)18-16(11-17)7-2-3-8-16/h4-6,9,12,19H,2-3,7-8,10H2,1H3,(H,18,20). The molecule has 2 rings (SSSR count). The van der Waals surface area contributed by atoms with E-state index in [1.54, 1.807) is 31.2 Å². The third-order valence-corrected chi connectivity index (χ3v) is 3.80. The van der Waals surface area contributed by atoms with Crippen molar-refractivity contribution in [2.45, 2.75) is 50.9 Å². The monoisotopic (exact) mass is 288 g/mol. The van der Waals surface area contributed by atoms with Crippen molar-refractivity contribution in [3.8, 4) is 11.8 Å². The Labute approximate surface area is 124 Å². The maximum atomic E-state index is 12.2. The van der Waals surface area contributed by atoms with Gasteiger partial charge in [0.05, 0.1) is 12.7 Å². The summed E-state index contributed by atoms with van der Waals surface area (Å²) in [5.41, 5.74) is -0.00818. The molecule has 5 heteroatoms. The van der Waals surface area contributed by atoms with E-state index in [0.717, 1.165) is 18.4 Å². The Morgan fingerprint density at radius 1 is 1.52 bits per heavy atom. The van der Waals surface area contributed by atoms with Gasteiger partial charge < -0.3 is 15.2 Å². The highest BCUT2D eigenvalue weighted by Crippen LogP contribution is 2.29. The van der Waals surface area contributed by atoms with Crippen LogP contribution in [-0.4, -0.2) is 22.7 Å². The van der Waals surface area contributed by atoms with Crippen molar-refractivity contribution in [2.24, 2.45) is 0 Å². The summed E-state index contributed by atoms with van der Waals surface area (Å²) in [6.07, 6.45) is 2.62. The van der Waals surface area contributed by atoms with Gasteiger partial charge in [-0.25, -0.2) is 0 Å². The number of hydrogen-bond donors (Lipinski definition) is 2. The summed E-state index contributed by atoms with van der Waals surface area (Å²) in [4.78, 5) is 12.2. The number of ether oxygens (including phenoxy) is 1. The average molecular weight is 288 g/mol. The maximum absolute atomic E-state index is 12.2. The fourth-order valence-electron chi connectivity index (χ4n) is 2.56. The molecule has 0 aliphatic heterocycles. The predicted octanol–water partition coefficient (Wildman–Crippen LogP) is 1.90. The minimum Gasteiger partial charge on any atom is -0.481 e. The molecule has 2 N–H and O–H groups in total. The van der Waals surface area contributed by atoms with Crippen molar-refractivity contribution in [2.75, 3.05) is 0 Å². The van der Waals surface area contributed by atoms with Gasteiger partial charge in [0.25, 0.3) is 5.91 Å². The van der Waals surface area contributed by atoms with Gasteiger partial charge in [-0.2, -0.15) is 5.26 Å². The van der Waals surface area contributed by atoms with Crippen LogP contribution in [0.25, 0.3) is 0 Å². The first-order valence-corrected chi connectivity index (χ1v) is 7.18. The normalized spacial score (nSPS) is 17.8. The number of nitrogens with zero attached hydrogens (tertiary/aromatic N) is 1. The van der Waals surface area contributed by atoms with E-state index < -0.39 is 11.6 Å². The van der Waals surface area contributed by atoms with Crippen LogP contribution in [0.4, 0.5) is 0 Å². The molecule has 1 atom stereocenters. The third kappa shape index (κ3) is 3.73. The van der Waals surface area contributed by atoms with Crippen molar-refractivity contribution >= 4 is 5.91 Å². The van der Waals surface area contributed by atoms with E-state index in [1.165, 1.54) is 0 Å². The molecule has 0 aromatic heterocycles. The van der Waals surface area contributed by atoms with Crippen LogP contribution >= 0.6 is 0 Å². The van der Waals surface area contributed by atoms with Crippen LogP contribution in [0.15, 0.2) is 24.3 Å². The molecule has 1 fully saturated rings. The Hall–Kier alpha value is -2.06. The smallest absolute Gasteiger partial charge is 0.262 e. The van der Waals surface area contributed by atoms with Gasteiger partial charge >= 0.3 is 0 Å². The molecule has 112 valence electrons. The molecule has 1 aromatic rings. The van der Waals surface area contributed by atoms with Crippen LogP contribution < -0.4 is 10.1 Å². The zero-order valence-corrected chi connectivity index (χ0v) is 12.1. The van der Waals surface area contributed by atoms with Crippen LogP contribution in [0.1, 0.15) is 38.2 Å². The van der Waals surface area contributed by atoms with Crippen LogP contribution in [0.5, 0.6) is 5.75 Å². The minimum absolute atomic E-state index is 0.0741. The van der Waals surface area contributed by atoms with Gasteiger partial charge in [-0.1, -0.05) is 12.1 Å². The van der Waals surface area contributed by atoms with Crippen molar-refractivity contribution in [3.05, 3.63) is 29.8 Å². The quantitative estimate of drug-likeness (QED) is 0.867. The van der Waals surface area contributed by atoms with Gasteiger partial charge in [-0.15, -0.1) is 0 Å². The molecular formula is C16H20N2O3. The fourth-order valence-corrected chi connectivity index (χ4v) is 2.56. The van der Waals surface area contributed by atoms with E-state index >= 15 is 0 Å². The average Bonchev–Trinajstić information content (AvgIpc) is 2.96. The largest absolute Gasteiger partial charge is 0.481 e. The van der Waals surface area contributed by atoms with Crippen molar-refractivity contribution in [3.63, 3.8) is 0 Å². The number of rotatable bonds is 5. The minimum atomic E-state index is -0.734. The number of amides is 1. The molecule has 1 unspecified atom stereocenters. The van der Waals surface area contributed by atoms with Crippen LogP contribution in [0.2, 0.25) is 0 Å². The Morgan fingerprint density at radius 2 is 2.24 bits per heavy atom. The molecule has 0 bridgehead atoms. The highest BCUT2D eigenvalue weighted by Gasteiger charge is 2.36. The molecule has 1 amide bonds. The van der Waals surface area contributed by atoms with E-state index in [4.69, 9.17) is 9.84 Å². The van der Waals surface area contributed by atoms with Gasteiger partial charge in [0.1, 0.15) is 11.3 Å². The van der Waals surface area contributed by atoms with Gasteiger partial charge in [0.15, 0.2) is 6.10 Å². The number of carbonyl (C=O) groups excluding carboxylic acids is 1. The van der Waals surface area contributed by atoms with Crippen molar-refractivity contribution < 1.29 is 14.6 Å². The second-order valence-electron chi connectivity index (χ2n) is 5.46. The molecule has 0 heterocycles. The number of hydrogen-bond acceptors (Lipinski definition) is 4. The van der Waals surface area contributed by atoms with Crippen LogP contribution in [-0.2, 0) is 11.4 Å². The lowest BCUT2D eigenvalue weighted by Crippen LogP contribution is -2.49. The first-order chi connectivity index (χ1) is 10.1. The van der Waals surface area contributed by atoms with E-state index in [-0.39, 0.29) is 12.5 Å². The number of nitrogens with one attached hydrogen (secondary N) is 1. The molecule has 0 radical (unpaired) electrons. The molecule has 1 aliphatic rings. The summed E-state index contributed by atoms with van der Waals surface area (Å²) in [5.74, 6) is 0.245. The highest BCUT2D eigenvalue weighted by atomic mass is 16.5. The van der Waals surface area contributed by atoms with E-state index in [0.29, 0.717) is 18.6 Å². The van der Waals surface area contributed by atoms with Gasteiger partial charge in [-0.05, 0) is 50.3 Å². The second-order valence-corrected chi connectivity index (χ2v) is 5.46. The van der Waals surface area contributed by atoms with Crippen LogP contribution in [0.3, 0.4) is 0 Å².